The maximum Gasteiger partial charge on any atom is 0.347 e. The van der Waals surface area contributed by atoms with Crippen molar-refractivity contribution in [1.82, 2.24) is 14.8 Å². The summed E-state index contributed by atoms with van der Waals surface area (Å²) in [5.41, 5.74) is 4.31. The average Bonchev–Trinajstić information content (AvgIpc) is 2.89. The Kier molecular flexibility index (Phi) is 4.14. The first kappa shape index (κ1) is 16.2. The van der Waals surface area contributed by atoms with Crippen molar-refractivity contribution in [3.05, 3.63) is 81.5 Å². The number of aryl methyl sites for hydroxylation is 1. The lowest BCUT2D eigenvalue weighted by Gasteiger charge is -2.19. The summed E-state index contributed by atoms with van der Waals surface area (Å²) in [4.78, 5) is 12.2. The number of nitrogens with one attached hydrogen (secondary N) is 1. The van der Waals surface area contributed by atoms with Crippen molar-refractivity contribution in [2.45, 2.75) is 39.5 Å². The normalized spacial score (nSPS) is 11.7. The lowest BCUT2D eigenvalue weighted by atomic mass is 9.87. The van der Waals surface area contributed by atoms with E-state index in [1.807, 2.05) is 12.1 Å². The van der Waals surface area contributed by atoms with Crippen LogP contribution in [0.3, 0.4) is 0 Å². The van der Waals surface area contributed by atoms with E-state index in [0.29, 0.717) is 12.2 Å². The maximum absolute atomic E-state index is 12.2. The summed E-state index contributed by atoms with van der Waals surface area (Å²) in [6.45, 7) is 8.59. The fourth-order valence-electron chi connectivity index (χ4n) is 2.71. The molecule has 0 bridgehead atoms. The van der Waals surface area contributed by atoms with Crippen LogP contribution in [0.4, 0.5) is 0 Å². The zero-order valence-electron chi connectivity index (χ0n) is 14.6. The summed E-state index contributed by atoms with van der Waals surface area (Å²) in [5.74, 6) is 0.715. The van der Waals surface area contributed by atoms with E-state index in [4.69, 9.17) is 0 Å². The van der Waals surface area contributed by atoms with Crippen molar-refractivity contribution in [2.24, 2.45) is 0 Å². The lowest BCUT2D eigenvalue weighted by Crippen LogP contribution is -2.18. The molecule has 0 unspecified atom stereocenters. The van der Waals surface area contributed by atoms with E-state index in [0.717, 1.165) is 11.3 Å². The van der Waals surface area contributed by atoms with E-state index in [1.54, 1.807) is 4.57 Å². The Bertz CT molecular complexity index is 878. The fraction of sp³-hybridized carbons (Fsp3) is 0.300. The molecule has 4 heteroatoms. The van der Waals surface area contributed by atoms with Crippen LogP contribution >= 0.6 is 0 Å². The third-order valence-corrected chi connectivity index (χ3v) is 4.22. The molecular weight excluding hydrogens is 298 g/mol. The predicted octanol–water partition coefficient (Wildman–Crippen LogP) is 3.76. The Labute approximate surface area is 142 Å². The summed E-state index contributed by atoms with van der Waals surface area (Å²) in [5, 5.41) is 6.78. The molecule has 0 saturated heterocycles. The minimum atomic E-state index is -0.208. The van der Waals surface area contributed by atoms with Crippen molar-refractivity contribution in [3.8, 4) is 5.69 Å². The van der Waals surface area contributed by atoms with Crippen LogP contribution < -0.4 is 5.69 Å². The largest absolute Gasteiger partial charge is 0.347 e. The van der Waals surface area contributed by atoms with E-state index in [2.05, 4.69) is 74.3 Å². The Morgan fingerprint density at radius 1 is 1.00 bits per heavy atom. The van der Waals surface area contributed by atoms with Gasteiger partial charge < -0.3 is 0 Å². The number of rotatable bonds is 3. The summed E-state index contributed by atoms with van der Waals surface area (Å²) in [6, 6.07) is 16.4. The van der Waals surface area contributed by atoms with Gasteiger partial charge in [0.1, 0.15) is 5.82 Å². The first-order chi connectivity index (χ1) is 11.3. The van der Waals surface area contributed by atoms with Crippen molar-refractivity contribution in [2.75, 3.05) is 0 Å². The van der Waals surface area contributed by atoms with Gasteiger partial charge in [-0.2, -0.15) is 5.10 Å². The van der Waals surface area contributed by atoms with Crippen LogP contribution in [0.25, 0.3) is 5.69 Å². The first-order valence-corrected chi connectivity index (χ1v) is 8.17. The maximum atomic E-state index is 12.2. The second-order valence-electron chi connectivity index (χ2n) is 7.24. The quantitative estimate of drug-likeness (QED) is 0.798. The molecule has 0 aliphatic rings. The van der Waals surface area contributed by atoms with Crippen LogP contribution in [-0.4, -0.2) is 14.8 Å². The monoisotopic (exact) mass is 321 g/mol. The predicted molar refractivity (Wildman–Crippen MR) is 96.9 cm³/mol. The van der Waals surface area contributed by atoms with Crippen molar-refractivity contribution >= 4 is 0 Å². The molecule has 3 rings (SSSR count). The Morgan fingerprint density at radius 2 is 1.62 bits per heavy atom. The van der Waals surface area contributed by atoms with Crippen LogP contribution in [-0.2, 0) is 11.8 Å². The molecule has 0 aliphatic heterocycles. The van der Waals surface area contributed by atoms with E-state index in [9.17, 15) is 4.79 Å². The third kappa shape index (κ3) is 3.32. The zero-order valence-corrected chi connectivity index (χ0v) is 14.6. The van der Waals surface area contributed by atoms with Gasteiger partial charge in [0.05, 0.1) is 5.69 Å². The molecule has 3 aromatic rings. The van der Waals surface area contributed by atoms with Crippen LogP contribution in [0.1, 0.15) is 43.3 Å². The van der Waals surface area contributed by atoms with E-state index < -0.39 is 0 Å². The van der Waals surface area contributed by atoms with Crippen LogP contribution in [0.2, 0.25) is 0 Å². The van der Waals surface area contributed by atoms with E-state index >= 15 is 0 Å². The van der Waals surface area contributed by atoms with Gasteiger partial charge in [-0.3, -0.25) is 0 Å². The molecule has 1 N–H and O–H groups in total. The van der Waals surface area contributed by atoms with Gasteiger partial charge in [-0.05, 0) is 35.6 Å². The van der Waals surface area contributed by atoms with Crippen molar-refractivity contribution in [3.63, 3.8) is 0 Å². The van der Waals surface area contributed by atoms with Gasteiger partial charge in [-0.25, -0.2) is 14.5 Å². The third-order valence-electron chi connectivity index (χ3n) is 4.22. The molecule has 124 valence electrons. The van der Waals surface area contributed by atoms with Gasteiger partial charge in [0.25, 0.3) is 0 Å². The second-order valence-corrected chi connectivity index (χ2v) is 7.24. The molecule has 1 aromatic heterocycles. The summed E-state index contributed by atoms with van der Waals surface area (Å²) >= 11 is 0. The summed E-state index contributed by atoms with van der Waals surface area (Å²) < 4.78 is 1.65. The Hall–Kier alpha value is -2.62. The topological polar surface area (TPSA) is 50.7 Å². The Balaban J connectivity index is 1.95. The number of aromatic nitrogens is 3. The molecule has 4 nitrogen and oxygen atoms in total. The van der Waals surface area contributed by atoms with Gasteiger partial charge in [-0.1, -0.05) is 62.7 Å². The second kappa shape index (κ2) is 6.11. The number of hydrogen-bond donors (Lipinski definition) is 1. The van der Waals surface area contributed by atoms with Crippen molar-refractivity contribution in [1.29, 1.82) is 0 Å². The van der Waals surface area contributed by atoms with Gasteiger partial charge >= 0.3 is 5.69 Å². The summed E-state index contributed by atoms with van der Waals surface area (Å²) in [6.07, 6.45) is 0.611. The molecule has 2 aromatic carbocycles. The van der Waals surface area contributed by atoms with Gasteiger partial charge in [0, 0.05) is 6.42 Å². The minimum absolute atomic E-state index is 0.0879. The van der Waals surface area contributed by atoms with Crippen LogP contribution in [0.15, 0.2) is 53.3 Å². The number of benzene rings is 2. The highest BCUT2D eigenvalue weighted by atomic mass is 16.1. The van der Waals surface area contributed by atoms with Gasteiger partial charge in [-0.15, -0.1) is 0 Å². The molecular formula is C20H23N3O. The molecule has 0 spiro atoms. The van der Waals surface area contributed by atoms with E-state index in [-0.39, 0.29) is 11.1 Å². The molecule has 0 fully saturated rings. The molecule has 0 aliphatic carbocycles. The molecule has 24 heavy (non-hydrogen) atoms. The molecule has 0 saturated carbocycles. The standard InChI is InChI=1S/C20H23N3O/c1-14-5-7-15(8-6-14)13-18-21-22-19(24)23(18)17-11-9-16(10-12-17)20(2,3)4/h5-12H,13H2,1-4H3,(H,22,24). The fourth-order valence-corrected chi connectivity index (χ4v) is 2.71. The Morgan fingerprint density at radius 3 is 2.21 bits per heavy atom. The molecule has 0 amide bonds. The number of hydrogen-bond acceptors (Lipinski definition) is 2. The molecule has 0 radical (unpaired) electrons. The highest BCUT2D eigenvalue weighted by molar-refractivity contribution is 5.38. The number of aromatic amines is 1. The van der Waals surface area contributed by atoms with Crippen LogP contribution in [0.5, 0.6) is 0 Å². The minimum Gasteiger partial charge on any atom is -0.247 e. The van der Waals surface area contributed by atoms with Gasteiger partial charge in [0.2, 0.25) is 0 Å². The van der Waals surface area contributed by atoms with Crippen LogP contribution in [0, 0.1) is 6.92 Å². The summed E-state index contributed by atoms with van der Waals surface area (Å²) in [7, 11) is 0. The lowest BCUT2D eigenvalue weighted by molar-refractivity contribution is 0.590. The highest BCUT2D eigenvalue weighted by Gasteiger charge is 2.15. The number of nitrogens with zero attached hydrogens (tertiary/aromatic N) is 2. The van der Waals surface area contributed by atoms with Crippen molar-refractivity contribution < 1.29 is 0 Å². The number of H-pyrrole nitrogens is 1. The SMILES string of the molecule is Cc1ccc(Cc2n[nH]c(=O)n2-c2ccc(C(C)(C)C)cc2)cc1. The molecule has 1 heterocycles. The highest BCUT2D eigenvalue weighted by Crippen LogP contribution is 2.23. The van der Waals surface area contributed by atoms with Gasteiger partial charge in [0.15, 0.2) is 0 Å². The first-order valence-electron chi connectivity index (χ1n) is 8.17. The molecule has 0 atom stereocenters. The zero-order chi connectivity index (χ0) is 17.3. The average molecular weight is 321 g/mol. The smallest absolute Gasteiger partial charge is 0.247 e. The van der Waals surface area contributed by atoms with E-state index in [1.165, 1.54) is 11.1 Å².